The molecule has 0 radical (unpaired) electrons. The van der Waals surface area contributed by atoms with Crippen molar-refractivity contribution >= 4 is 23.5 Å². The first kappa shape index (κ1) is 17.3. The quantitative estimate of drug-likeness (QED) is 0.803. The van der Waals surface area contributed by atoms with Crippen molar-refractivity contribution in [1.29, 1.82) is 0 Å². The Morgan fingerprint density at radius 2 is 1.96 bits per heavy atom. The first-order valence-corrected chi connectivity index (χ1v) is 8.19. The van der Waals surface area contributed by atoms with Crippen LogP contribution in [0.4, 0.5) is 4.79 Å². The van der Waals surface area contributed by atoms with E-state index in [2.05, 4.69) is 10.9 Å². The molecule has 1 atom stereocenters. The number of amides is 3. The lowest BCUT2D eigenvalue weighted by atomic mass is 10.1. The number of rotatable bonds is 2. The Labute approximate surface area is 149 Å². The van der Waals surface area contributed by atoms with Crippen LogP contribution in [-0.4, -0.2) is 36.5 Å². The minimum atomic E-state index is -0.429. The van der Waals surface area contributed by atoms with E-state index in [1.807, 2.05) is 12.1 Å². The molecule has 1 fully saturated rings. The van der Waals surface area contributed by atoms with Crippen molar-refractivity contribution in [1.82, 2.24) is 15.8 Å². The largest absolute Gasteiger partial charge is 0.469 e. The molecule has 0 bridgehead atoms. The molecule has 25 heavy (non-hydrogen) atoms. The fourth-order valence-corrected chi connectivity index (χ4v) is 2.72. The molecule has 0 aliphatic carbocycles. The van der Waals surface area contributed by atoms with E-state index in [-0.39, 0.29) is 6.10 Å². The molecule has 0 spiro atoms. The molecule has 2 heterocycles. The summed E-state index contributed by atoms with van der Waals surface area (Å²) in [4.78, 5) is 25.9. The molecule has 132 valence electrons. The summed E-state index contributed by atoms with van der Waals surface area (Å²) in [5, 5.41) is 0.645. The van der Waals surface area contributed by atoms with E-state index in [0.717, 1.165) is 5.56 Å². The normalized spacial score (nSPS) is 17.2. The standard InChI is InChI=1S/C17H18ClN3O4/c1-11-14(6-8-24-11)16(22)19-20-17(23)21-7-9-25-15(10-21)12-2-4-13(18)5-3-12/h2-6,8,15H,7,9-10H2,1H3,(H,19,22)(H,20,23)/t15-/m0/s1. The molecule has 1 saturated heterocycles. The maximum absolute atomic E-state index is 12.3. The lowest BCUT2D eigenvalue weighted by Gasteiger charge is -2.33. The minimum Gasteiger partial charge on any atom is -0.469 e. The van der Waals surface area contributed by atoms with Gasteiger partial charge in [0.15, 0.2) is 0 Å². The first-order chi connectivity index (χ1) is 12.0. The topological polar surface area (TPSA) is 83.8 Å². The van der Waals surface area contributed by atoms with Crippen LogP contribution in [0.25, 0.3) is 0 Å². The van der Waals surface area contributed by atoms with Crippen LogP contribution in [0.15, 0.2) is 41.0 Å². The highest BCUT2D eigenvalue weighted by Crippen LogP contribution is 2.23. The third kappa shape index (κ3) is 4.12. The highest BCUT2D eigenvalue weighted by atomic mass is 35.5. The van der Waals surface area contributed by atoms with E-state index >= 15 is 0 Å². The molecule has 1 aromatic heterocycles. The van der Waals surface area contributed by atoms with Crippen LogP contribution in [0.1, 0.15) is 27.8 Å². The van der Waals surface area contributed by atoms with Gasteiger partial charge in [-0.05, 0) is 30.7 Å². The monoisotopic (exact) mass is 363 g/mol. The summed E-state index contributed by atoms with van der Waals surface area (Å²) in [5.74, 6) is 0.0584. The summed E-state index contributed by atoms with van der Waals surface area (Å²) in [7, 11) is 0. The molecule has 7 nitrogen and oxygen atoms in total. The highest BCUT2D eigenvalue weighted by Gasteiger charge is 2.25. The zero-order chi connectivity index (χ0) is 17.8. The van der Waals surface area contributed by atoms with E-state index in [9.17, 15) is 9.59 Å². The average molecular weight is 364 g/mol. The SMILES string of the molecule is Cc1occc1C(=O)NNC(=O)N1CCO[C@H](c2ccc(Cl)cc2)C1. The second-order valence-corrected chi connectivity index (χ2v) is 6.07. The number of benzene rings is 1. The number of aryl methyl sites for hydroxylation is 1. The van der Waals surface area contributed by atoms with E-state index < -0.39 is 11.9 Å². The predicted molar refractivity (Wildman–Crippen MR) is 91.2 cm³/mol. The smallest absolute Gasteiger partial charge is 0.336 e. The Bertz CT molecular complexity index is 760. The number of hydrogen-bond acceptors (Lipinski definition) is 4. The second kappa shape index (κ2) is 7.58. The number of urea groups is 1. The number of hydrazine groups is 1. The van der Waals surface area contributed by atoms with Gasteiger partial charge in [0, 0.05) is 11.6 Å². The third-order valence-electron chi connectivity index (χ3n) is 3.98. The van der Waals surface area contributed by atoms with Crippen LogP contribution < -0.4 is 10.9 Å². The third-order valence-corrected chi connectivity index (χ3v) is 4.23. The summed E-state index contributed by atoms with van der Waals surface area (Å²) in [6.07, 6.45) is 1.19. The Balaban J connectivity index is 1.56. The van der Waals surface area contributed by atoms with Crippen molar-refractivity contribution in [2.75, 3.05) is 19.7 Å². The Morgan fingerprint density at radius 3 is 2.64 bits per heavy atom. The number of carbonyl (C=O) groups excluding carboxylic acids is 2. The number of halogens is 1. The van der Waals surface area contributed by atoms with Gasteiger partial charge >= 0.3 is 6.03 Å². The highest BCUT2D eigenvalue weighted by molar-refractivity contribution is 6.30. The Kier molecular flexibility index (Phi) is 5.25. The van der Waals surface area contributed by atoms with Gasteiger partial charge in [0.25, 0.3) is 5.91 Å². The molecule has 1 aliphatic rings. The van der Waals surface area contributed by atoms with Crippen molar-refractivity contribution in [3.8, 4) is 0 Å². The van der Waals surface area contributed by atoms with E-state index in [1.165, 1.54) is 6.26 Å². The van der Waals surface area contributed by atoms with Gasteiger partial charge < -0.3 is 14.1 Å². The number of nitrogens with zero attached hydrogens (tertiary/aromatic N) is 1. The summed E-state index contributed by atoms with van der Waals surface area (Å²) >= 11 is 5.89. The fourth-order valence-electron chi connectivity index (χ4n) is 2.59. The molecular formula is C17H18ClN3O4. The molecule has 8 heteroatoms. The zero-order valence-electron chi connectivity index (χ0n) is 13.6. The van der Waals surface area contributed by atoms with Gasteiger partial charge in [-0.1, -0.05) is 23.7 Å². The van der Waals surface area contributed by atoms with E-state index in [1.54, 1.807) is 30.0 Å². The van der Waals surface area contributed by atoms with Gasteiger partial charge in [0.2, 0.25) is 0 Å². The van der Waals surface area contributed by atoms with Crippen molar-refractivity contribution < 1.29 is 18.7 Å². The van der Waals surface area contributed by atoms with Crippen LogP contribution in [0.5, 0.6) is 0 Å². The average Bonchev–Trinajstić information content (AvgIpc) is 3.06. The molecule has 3 rings (SSSR count). The maximum Gasteiger partial charge on any atom is 0.336 e. The second-order valence-electron chi connectivity index (χ2n) is 5.63. The van der Waals surface area contributed by atoms with Crippen molar-refractivity contribution in [2.24, 2.45) is 0 Å². The Hall–Kier alpha value is -2.51. The van der Waals surface area contributed by atoms with Crippen LogP contribution >= 0.6 is 11.6 Å². The van der Waals surface area contributed by atoms with Gasteiger partial charge in [-0.2, -0.15) is 0 Å². The van der Waals surface area contributed by atoms with Gasteiger partial charge in [0.1, 0.15) is 11.9 Å². The van der Waals surface area contributed by atoms with Crippen LogP contribution in [0.2, 0.25) is 5.02 Å². The summed E-state index contributed by atoms with van der Waals surface area (Å²) in [5.41, 5.74) is 6.13. The molecular weight excluding hydrogens is 346 g/mol. The lowest BCUT2D eigenvalue weighted by Crippen LogP contribution is -2.52. The molecule has 1 aromatic carbocycles. The van der Waals surface area contributed by atoms with Gasteiger partial charge in [0.05, 0.1) is 25.0 Å². The van der Waals surface area contributed by atoms with Gasteiger partial charge in [-0.3, -0.25) is 10.2 Å². The van der Waals surface area contributed by atoms with E-state index in [4.69, 9.17) is 20.8 Å². The number of ether oxygens (including phenoxy) is 1. The maximum atomic E-state index is 12.3. The van der Waals surface area contributed by atoms with Crippen LogP contribution in [0.3, 0.4) is 0 Å². The molecule has 3 amide bonds. The molecule has 2 N–H and O–H groups in total. The molecule has 0 unspecified atom stereocenters. The van der Waals surface area contributed by atoms with Gasteiger partial charge in [-0.15, -0.1) is 0 Å². The molecule has 1 aliphatic heterocycles. The lowest BCUT2D eigenvalue weighted by molar-refractivity contribution is -0.0158. The number of hydrogen-bond donors (Lipinski definition) is 2. The number of carbonyl (C=O) groups is 2. The minimum absolute atomic E-state index is 0.233. The van der Waals surface area contributed by atoms with E-state index in [0.29, 0.717) is 36.0 Å². The van der Waals surface area contributed by atoms with Crippen molar-refractivity contribution in [2.45, 2.75) is 13.0 Å². The van der Waals surface area contributed by atoms with Crippen molar-refractivity contribution in [3.63, 3.8) is 0 Å². The number of furan rings is 1. The van der Waals surface area contributed by atoms with Crippen LogP contribution in [-0.2, 0) is 4.74 Å². The predicted octanol–water partition coefficient (Wildman–Crippen LogP) is 2.67. The fraction of sp³-hybridized carbons (Fsp3) is 0.294. The summed E-state index contributed by atoms with van der Waals surface area (Å²) in [6.45, 7) is 2.91. The molecule has 0 saturated carbocycles. The zero-order valence-corrected chi connectivity index (χ0v) is 14.4. The Morgan fingerprint density at radius 1 is 1.20 bits per heavy atom. The van der Waals surface area contributed by atoms with Crippen molar-refractivity contribution in [3.05, 3.63) is 58.5 Å². The number of nitrogens with one attached hydrogen (secondary N) is 2. The summed E-state index contributed by atoms with van der Waals surface area (Å²) < 4.78 is 10.8. The number of morpholine rings is 1. The molecule has 2 aromatic rings. The van der Waals surface area contributed by atoms with Crippen LogP contribution in [0, 0.1) is 6.92 Å². The first-order valence-electron chi connectivity index (χ1n) is 7.81. The van der Waals surface area contributed by atoms with Gasteiger partial charge in [-0.25, -0.2) is 10.2 Å². The summed E-state index contributed by atoms with van der Waals surface area (Å²) in [6, 6.07) is 8.47.